The normalized spacial score (nSPS) is 15.9. The van der Waals surface area contributed by atoms with Gasteiger partial charge in [0.1, 0.15) is 5.75 Å². The van der Waals surface area contributed by atoms with Crippen molar-refractivity contribution in [2.45, 2.75) is 32.7 Å². The third kappa shape index (κ3) is 2.76. The molecular weight excluding hydrogens is 198 g/mol. The van der Waals surface area contributed by atoms with Crippen molar-refractivity contribution in [1.82, 2.24) is 5.32 Å². The van der Waals surface area contributed by atoms with Crippen molar-refractivity contribution in [3.05, 3.63) is 29.3 Å². The van der Waals surface area contributed by atoms with Gasteiger partial charge in [0.05, 0.1) is 7.11 Å². The van der Waals surface area contributed by atoms with Gasteiger partial charge in [-0.1, -0.05) is 24.1 Å². The van der Waals surface area contributed by atoms with Gasteiger partial charge >= 0.3 is 0 Å². The van der Waals surface area contributed by atoms with Crippen LogP contribution in [0.15, 0.2) is 18.2 Å². The van der Waals surface area contributed by atoms with E-state index in [-0.39, 0.29) is 0 Å². The topological polar surface area (TPSA) is 21.3 Å². The number of aryl methyl sites for hydroxylation is 1. The monoisotopic (exact) mass is 219 g/mol. The van der Waals surface area contributed by atoms with Gasteiger partial charge in [-0.3, -0.25) is 0 Å². The summed E-state index contributed by atoms with van der Waals surface area (Å²) in [5.74, 6) is 1.91. The van der Waals surface area contributed by atoms with E-state index in [0.717, 1.165) is 24.8 Å². The molecule has 2 rings (SSSR count). The van der Waals surface area contributed by atoms with Crippen LogP contribution in [0.5, 0.6) is 5.75 Å². The van der Waals surface area contributed by atoms with Crippen molar-refractivity contribution >= 4 is 0 Å². The second-order valence-electron chi connectivity index (χ2n) is 4.74. The molecule has 0 aromatic heterocycles. The van der Waals surface area contributed by atoms with Crippen LogP contribution < -0.4 is 10.1 Å². The highest BCUT2D eigenvalue weighted by atomic mass is 16.5. The fraction of sp³-hybridized carbons (Fsp3) is 0.571. The summed E-state index contributed by atoms with van der Waals surface area (Å²) in [6.07, 6.45) is 4.22. The standard InChI is InChI=1S/C14H21NO/c1-11-6-7-14(16-2)13(8-11)10-15-9-12-4-3-5-12/h6-8,12,15H,3-5,9-10H2,1-2H3. The molecule has 2 heteroatoms. The van der Waals surface area contributed by atoms with Gasteiger partial charge in [-0.25, -0.2) is 0 Å². The van der Waals surface area contributed by atoms with E-state index in [1.807, 2.05) is 0 Å². The van der Waals surface area contributed by atoms with Crippen LogP contribution in [0.4, 0.5) is 0 Å². The predicted molar refractivity (Wildman–Crippen MR) is 66.8 cm³/mol. The summed E-state index contributed by atoms with van der Waals surface area (Å²) in [6, 6.07) is 6.34. The maximum absolute atomic E-state index is 5.36. The molecule has 1 aromatic carbocycles. The average Bonchev–Trinajstić information content (AvgIpc) is 2.22. The first-order chi connectivity index (χ1) is 7.79. The van der Waals surface area contributed by atoms with Gasteiger partial charge in [-0.2, -0.15) is 0 Å². The minimum absolute atomic E-state index is 0.913. The summed E-state index contributed by atoms with van der Waals surface area (Å²) in [7, 11) is 1.74. The lowest BCUT2D eigenvalue weighted by atomic mass is 9.85. The van der Waals surface area contributed by atoms with Crippen molar-refractivity contribution in [3.63, 3.8) is 0 Å². The van der Waals surface area contributed by atoms with E-state index >= 15 is 0 Å². The Bertz CT molecular complexity index is 345. The van der Waals surface area contributed by atoms with E-state index in [1.165, 1.54) is 30.4 Å². The summed E-state index contributed by atoms with van der Waals surface area (Å²) < 4.78 is 5.36. The zero-order chi connectivity index (χ0) is 11.4. The van der Waals surface area contributed by atoms with Gasteiger partial charge in [-0.15, -0.1) is 0 Å². The van der Waals surface area contributed by atoms with Crippen molar-refractivity contribution in [1.29, 1.82) is 0 Å². The number of rotatable bonds is 5. The number of nitrogens with one attached hydrogen (secondary N) is 1. The molecule has 1 aromatic rings. The van der Waals surface area contributed by atoms with Gasteiger partial charge < -0.3 is 10.1 Å². The van der Waals surface area contributed by atoms with Crippen molar-refractivity contribution in [2.75, 3.05) is 13.7 Å². The van der Waals surface area contributed by atoms with Crippen LogP contribution in [0, 0.1) is 12.8 Å². The minimum Gasteiger partial charge on any atom is -0.496 e. The zero-order valence-electron chi connectivity index (χ0n) is 10.3. The van der Waals surface area contributed by atoms with Crippen molar-refractivity contribution in [2.24, 2.45) is 5.92 Å². The molecule has 1 N–H and O–H groups in total. The zero-order valence-corrected chi connectivity index (χ0v) is 10.3. The molecule has 1 aliphatic carbocycles. The molecule has 0 atom stereocenters. The summed E-state index contributed by atoms with van der Waals surface area (Å²) in [5.41, 5.74) is 2.56. The number of hydrogen-bond donors (Lipinski definition) is 1. The lowest BCUT2D eigenvalue weighted by molar-refractivity contribution is 0.300. The summed E-state index contributed by atoms with van der Waals surface area (Å²) in [6.45, 7) is 4.19. The highest BCUT2D eigenvalue weighted by Gasteiger charge is 2.16. The molecule has 0 bridgehead atoms. The fourth-order valence-electron chi connectivity index (χ4n) is 2.15. The second-order valence-corrected chi connectivity index (χ2v) is 4.74. The van der Waals surface area contributed by atoms with E-state index in [2.05, 4.69) is 30.4 Å². The van der Waals surface area contributed by atoms with Crippen molar-refractivity contribution < 1.29 is 4.74 Å². The van der Waals surface area contributed by atoms with Crippen LogP contribution in [0.25, 0.3) is 0 Å². The molecule has 1 saturated carbocycles. The molecular formula is C14H21NO. The number of hydrogen-bond acceptors (Lipinski definition) is 2. The smallest absolute Gasteiger partial charge is 0.123 e. The number of benzene rings is 1. The molecule has 1 fully saturated rings. The fourth-order valence-corrected chi connectivity index (χ4v) is 2.15. The van der Waals surface area contributed by atoms with Gasteiger partial charge in [0.25, 0.3) is 0 Å². The average molecular weight is 219 g/mol. The van der Waals surface area contributed by atoms with Gasteiger partial charge in [0.15, 0.2) is 0 Å². The van der Waals surface area contributed by atoms with E-state index in [4.69, 9.17) is 4.74 Å². The third-order valence-electron chi connectivity index (χ3n) is 3.41. The molecule has 0 radical (unpaired) electrons. The Balaban J connectivity index is 1.88. The lowest BCUT2D eigenvalue weighted by Crippen LogP contribution is -2.27. The molecule has 0 aliphatic heterocycles. The van der Waals surface area contributed by atoms with Crippen LogP contribution in [-0.4, -0.2) is 13.7 Å². The largest absolute Gasteiger partial charge is 0.496 e. The Morgan fingerprint density at radius 2 is 2.19 bits per heavy atom. The maximum Gasteiger partial charge on any atom is 0.123 e. The Hall–Kier alpha value is -1.02. The molecule has 0 spiro atoms. The van der Waals surface area contributed by atoms with E-state index < -0.39 is 0 Å². The first kappa shape index (κ1) is 11.5. The summed E-state index contributed by atoms with van der Waals surface area (Å²) >= 11 is 0. The van der Waals surface area contributed by atoms with Crippen molar-refractivity contribution in [3.8, 4) is 5.75 Å². The lowest BCUT2D eigenvalue weighted by Gasteiger charge is -2.25. The molecule has 16 heavy (non-hydrogen) atoms. The van der Waals surface area contributed by atoms with Crippen LogP contribution >= 0.6 is 0 Å². The molecule has 0 heterocycles. The SMILES string of the molecule is COc1ccc(C)cc1CNCC1CCC1. The number of ether oxygens (including phenoxy) is 1. The van der Waals surface area contributed by atoms with E-state index in [9.17, 15) is 0 Å². The van der Waals surface area contributed by atoms with E-state index in [1.54, 1.807) is 7.11 Å². The van der Waals surface area contributed by atoms with Gasteiger partial charge in [0.2, 0.25) is 0 Å². The number of methoxy groups -OCH3 is 1. The minimum atomic E-state index is 0.913. The first-order valence-electron chi connectivity index (χ1n) is 6.14. The summed E-state index contributed by atoms with van der Waals surface area (Å²) in [4.78, 5) is 0. The predicted octanol–water partition coefficient (Wildman–Crippen LogP) is 2.89. The van der Waals surface area contributed by atoms with Gasteiger partial charge in [-0.05, 0) is 38.3 Å². The molecule has 2 nitrogen and oxygen atoms in total. The molecule has 88 valence electrons. The quantitative estimate of drug-likeness (QED) is 0.822. The molecule has 0 saturated heterocycles. The maximum atomic E-state index is 5.36. The Morgan fingerprint density at radius 3 is 2.81 bits per heavy atom. The van der Waals surface area contributed by atoms with Crippen LogP contribution in [-0.2, 0) is 6.54 Å². The highest BCUT2D eigenvalue weighted by molar-refractivity contribution is 5.36. The second kappa shape index (κ2) is 5.35. The molecule has 1 aliphatic rings. The Kier molecular flexibility index (Phi) is 3.83. The van der Waals surface area contributed by atoms with Crippen LogP contribution in [0.1, 0.15) is 30.4 Å². The van der Waals surface area contributed by atoms with Crippen LogP contribution in [0.2, 0.25) is 0 Å². The molecule has 0 amide bonds. The Labute approximate surface area is 98.0 Å². The third-order valence-corrected chi connectivity index (χ3v) is 3.41. The molecule has 0 unspecified atom stereocenters. The van der Waals surface area contributed by atoms with Crippen LogP contribution in [0.3, 0.4) is 0 Å². The summed E-state index contributed by atoms with van der Waals surface area (Å²) in [5, 5.41) is 3.53. The Morgan fingerprint density at radius 1 is 1.38 bits per heavy atom. The van der Waals surface area contributed by atoms with Gasteiger partial charge in [0, 0.05) is 12.1 Å². The highest BCUT2D eigenvalue weighted by Crippen LogP contribution is 2.25. The van der Waals surface area contributed by atoms with E-state index in [0.29, 0.717) is 0 Å². The first-order valence-corrected chi connectivity index (χ1v) is 6.14.